The van der Waals surface area contributed by atoms with Crippen molar-refractivity contribution in [3.63, 3.8) is 0 Å². The first-order chi connectivity index (χ1) is 9.29. The van der Waals surface area contributed by atoms with E-state index in [1.54, 1.807) is 0 Å². The highest BCUT2D eigenvalue weighted by Crippen LogP contribution is 2.24. The minimum absolute atomic E-state index is 0.105. The number of carbonyl (C=O) groups excluding carboxylic acids is 2. The second kappa shape index (κ2) is 7.22. The molecule has 0 aliphatic heterocycles. The van der Waals surface area contributed by atoms with Crippen molar-refractivity contribution in [2.75, 3.05) is 0 Å². The number of rotatable bonds is 6. The first-order valence-electron chi connectivity index (χ1n) is 7.00. The molecule has 0 radical (unpaired) electrons. The molecule has 1 atom stereocenters. The van der Waals surface area contributed by atoms with Gasteiger partial charge in [0.05, 0.1) is 0 Å². The van der Waals surface area contributed by atoms with Gasteiger partial charge in [-0.15, -0.1) is 0 Å². The van der Waals surface area contributed by atoms with E-state index in [1.165, 1.54) is 6.92 Å². The van der Waals surface area contributed by atoms with Crippen LogP contribution in [0.4, 0.5) is 0 Å². The van der Waals surface area contributed by atoms with Crippen LogP contribution >= 0.6 is 0 Å². The van der Waals surface area contributed by atoms with E-state index in [2.05, 4.69) is 20.8 Å². The van der Waals surface area contributed by atoms with Gasteiger partial charge in [0.2, 0.25) is 0 Å². The van der Waals surface area contributed by atoms with E-state index < -0.39 is 11.9 Å². The number of benzene rings is 1. The molecule has 0 spiro atoms. The molecule has 20 heavy (non-hydrogen) atoms. The molecule has 0 heterocycles. The summed E-state index contributed by atoms with van der Waals surface area (Å²) in [7, 11) is 0. The molecule has 1 aromatic rings. The van der Waals surface area contributed by atoms with Gasteiger partial charge in [-0.2, -0.15) is 0 Å². The van der Waals surface area contributed by atoms with Crippen molar-refractivity contribution in [2.24, 2.45) is 11.3 Å². The van der Waals surface area contributed by atoms with E-state index in [9.17, 15) is 9.59 Å². The van der Waals surface area contributed by atoms with Crippen LogP contribution < -0.4 is 0 Å². The Morgan fingerprint density at radius 1 is 1.15 bits per heavy atom. The number of Topliss-reactive ketones (excluding diaryl/α,β-unsaturated/α-hetero) is 1. The number of hydrogen-bond acceptors (Lipinski definition) is 3. The Bertz CT molecular complexity index is 443. The van der Waals surface area contributed by atoms with E-state index in [4.69, 9.17) is 4.74 Å². The molecular weight excluding hydrogens is 252 g/mol. The zero-order chi connectivity index (χ0) is 15.2. The Morgan fingerprint density at radius 2 is 1.75 bits per heavy atom. The number of ketones is 1. The highest BCUT2D eigenvalue weighted by molar-refractivity contribution is 5.97. The summed E-state index contributed by atoms with van der Waals surface area (Å²) in [6.07, 6.45) is 1.37. The van der Waals surface area contributed by atoms with Gasteiger partial charge in [-0.05, 0) is 30.7 Å². The number of esters is 1. The first-order valence-corrected chi connectivity index (χ1v) is 7.00. The second-order valence-electron chi connectivity index (χ2n) is 6.36. The zero-order valence-electron chi connectivity index (χ0n) is 12.8. The van der Waals surface area contributed by atoms with E-state index in [-0.39, 0.29) is 17.8 Å². The molecule has 0 saturated carbocycles. The average molecular weight is 276 g/mol. The minimum Gasteiger partial charge on any atom is -0.460 e. The summed E-state index contributed by atoms with van der Waals surface area (Å²) < 4.78 is 5.26. The molecule has 1 rings (SSSR count). The highest BCUT2D eigenvalue weighted by atomic mass is 16.5. The Labute approximate surface area is 121 Å². The third-order valence-corrected chi connectivity index (χ3v) is 3.18. The van der Waals surface area contributed by atoms with Crippen LogP contribution in [0.2, 0.25) is 0 Å². The summed E-state index contributed by atoms with van der Waals surface area (Å²) in [6, 6.07) is 9.49. The first kappa shape index (κ1) is 16.4. The van der Waals surface area contributed by atoms with Gasteiger partial charge >= 0.3 is 5.97 Å². The predicted octanol–water partition coefficient (Wildman–Crippen LogP) is 3.76. The second-order valence-corrected chi connectivity index (χ2v) is 6.36. The lowest BCUT2D eigenvalue weighted by Crippen LogP contribution is -2.25. The van der Waals surface area contributed by atoms with Gasteiger partial charge in [0.25, 0.3) is 0 Å². The van der Waals surface area contributed by atoms with Crippen molar-refractivity contribution in [3.05, 3.63) is 35.9 Å². The van der Waals surface area contributed by atoms with Crippen molar-refractivity contribution < 1.29 is 14.3 Å². The molecule has 0 amide bonds. The maximum absolute atomic E-state index is 12.0. The summed E-state index contributed by atoms with van der Waals surface area (Å²) in [6.45, 7) is 7.97. The maximum atomic E-state index is 12.0. The molecule has 3 nitrogen and oxygen atoms in total. The SMILES string of the molecule is CC(=O)C(CCC(C)(C)C)C(=O)OCc1ccccc1. The summed E-state index contributed by atoms with van der Waals surface area (Å²) in [5, 5.41) is 0. The molecule has 1 unspecified atom stereocenters. The lowest BCUT2D eigenvalue weighted by atomic mass is 9.85. The van der Waals surface area contributed by atoms with Crippen LogP contribution in [-0.2, 0) is 20.9 Å². The van der Waals surface area contributed by atoms with E-state index in [0.29, 0.717) is 6.42 Å². The maximum Gasteiger partial charge on any atom is 0.316 e. The quantitative estimate of drug-likeness (QED) is 0.587. The standard InChI is InChI=1S/C17H24O3/c1-13(18)15(10-11-17(2,3)4)16(19)20-12-14-8-6-5-7-9-14/h5-9,15H,10-12H2,1-4H3. The van der Waals surface area contributed by atoms with Crippen LogP contribution in [0.5, 0.6) is 0 Å². The number of hydrogen-bond donors (Lipinski definition) is 0. The fraction of sp³-hybridized carbons (Fsp3) is 0.529. The third kappa shape index (κ3) is 6.00. The van der Waals surface area contributed by atoms with Gasteiger partial charge in [0, 0.05) is 0 Å². The molecule has 0 bridgehead atoms. The molecule has 0 saturated heterocycles. The lowest BCUT2D eigenvalue weighted by Gasteiger charge is -2.21. The molecule has 0 fully saturated rings. The molecule has 1 aromatic carbocycles. The highest BCUT2D eigenvalue weighted by Gasteiger charge is 2.26. The van der Waals surface area contributed by atoms with Crippen LogP contribution in [0.25, 0.3) is 0 Å². The third-order valence-electron chi connectivity index (χ3n) is 3.18. The van der Waals surface area contributed by atoms with Gasteiger partial charge in [-0.3, -0.25) is 9.59 Å². The van der Waals surface area contributed by atoms with Gasteiger partial charge < -0.3 is 4.74 Å². The zero-order valence-corrected chi connectivity index (χ0v) is 12.8. The largest absolute Gasteiger partial charge is 0.460 e. The van der Waals surface area contributed by atoms with Crippen LogP contribution in [-0.4, -0.2) is 11.8 Å². The molecule has 110 valence electrons. The predicted molar refractivity (Wildman–Crippen MR) is 79.1 cm³/mol. The number of carbonyl (C=O) groups is 2. The molecule has 0 aliphatic rings. The van der Waals surface area contributed by atoms with Crippen molar-refractivity contribution in [2.45, 2.75) is 47.1 Å². The van der Waals surface area contributed by atoms with Crippen molar-refractivity contribution in [1.82, 2.24) is 0 Å². The summed E-state index contributed by atoms with van der Waals surface area (Å²) in [4.78, 5) is 23.6. The number of ether oxygens (including phenoxy) is 1. The van der Waals surface area contributed by atoms with Crippen molar-refractivity contribution in [3.8, 4) is 0 Å². The van der Waals surface area contributed by atoms with Crippen LogP contribution in [0.3, 0.4) is 0 Å². The molecule has 0 aliphatic carbocycles. The summed E-state index contributed by atoms with van der Waals surface area (Å²) in [5.41, 5.74) is 1.03. The molecule has 3 heteroatoms. The fourth-order valence-corrected chi connectivity index (χ4v) is 1.89. The van der Waals surface area contributed by atoms with Gasteiger partial charge in [0.15, 0.2) is 0 Å². The van der Waals surface area contributed by atoms with Crippen LogP contribution in [0.1, 0.15) is 46.1 Å². The molecule has 0 N–H and O–H groups in total. The van der Waals surface area contributed by atoms with Crippen molar-refractivity contribution >= 4 is 11.8 Å². The summed E-state index contributed by atoms with van der Waals surface area (Å²) >= 11 is 0. The topological polar surface area (TPSA) is 43.4 Å². The Balaban J connectivity index is 2.54. The van der Waals surface area contributed by atoms with Crippen LogP contribution in [0, 0.1) is 11.3 Å². The minimum atomic E-state index is -0.641. The fourth-order valence-electron chi connectivity index (χ4n) is 1.89. The Kier molecular flexibility index (Phi) is 5.93. The Hall–Kier alpha value is -1.64. The van der Waals surface area contributed by atoms with Gasteiger partial charge in [-0.1, -0.05) is 51.1 Å². The summed E-state index contributed by atoms with van der Waals surface area (Å²) in [5.74, 6) is -1.17. The average Bonchev–Trinajstić information content (AvgIpc) is 2.36. The van der Waals surface area contributed by atoms with Crippen LogP contribution in [0.15, 0.2) is 30.3 Å². The molecule has 0 aromatic heterocycles. The van der Waals surface area contributed by atoms with Gasteiger partial charge in [-0.25, -0.2) is 0 Å². The monoisotopic (exact) mass is 276 g/mol. The molecular formula is C17H24O3. The lowest BCUT2D eigenvalue weighted by molar-refractivity contribution is -0.153. The van der Waals surface area contributed by atoms with E-state index in [1.807, 2.05) is 30.3 Å². The smallest absolute Gasteiger partial charge is 0.316 e. The van der Waals surface area contributed by atoms with Crippen molar-refractivity contribution in [1.29, 1.82) is 0 Å². The van der Waals surface area contributed by atoms with E-state index in [0.717, 1.165) is 12.0 Å². The normalized spacial score (nSPS) is 12.8. The van der Waals surface area contributed by atoms with E-state index >= 15 is 0 Å². The van der Waals surface area contributed by atoms with Gasteiger partial charge in [0.1, 0.15) is 18.3 Å². The Morgan fingerprint density at radius 3 is 2.25 bits per heavy atom.